The van der Waals surface area contributed by atoms with Crippen molar-refractivity contribution in [3.8, 4) is 5.75 Å². The first kappa shape index (κ1) is 13.8. The van der Waals surface area contributed by atoms with Gasteiger partial charge in [-0.05, 0) is 49.7 Å². The summed E-state index contributed by atoms with van der Waals surface area (Å²) in [4.78, 5) is 1.32. The molecule has 2 nitrogen and oxygen atoms in total. The summed E-state index contributed by atoms with van der Waals surface area (Å²) in [6.45, 7) is 2.84. The lowest BCUT2D eigenvalue weighted by molar-refractivity contribution is 0.319. The maximum Gasteiger partial charge on any atom is 0.119 e. The van der Waals surface area contributed by atoms with E-state index in [1.807, 2.05) is 36.0 Å². The molecule has 19 heavy (non-hydrogen) atoms. The molecule has 0 aliphatic rings. The lowest BCUT2D eigenvalue weighted by Gasteiger charge is -2.06. The Morgan fingerprint density at radius 1 is 1.00 bits per heavy atom. The number of thioether (sulfide) groups is 1. The van der Waals surface area contributed by atoms with Crippen LogP contribution in [0.1, 0.15) is 12.0 Å². The van der Waals surface area contributed by atoms with Crippen LogP contribution < -0.4 is 10.5 Å². The van der Waals surface area contributed by atoms with Crippen LogP contribution in [0.2, 0.25) is 0 Å². The van der Waals surface area contributed by atoms with Crippen molar-refractivity contribution in [1.82, 2.24) is 0 Å². The maximum absolute atomic E-state index is 5.65. The van der Waals surface area contributed by atoms with Crippen molar-refractivity contribution in [3.05, 3.63) is 54.1 Å². The Bertz CT molecular complexity index is 446. The van der Waals surface area contributed by atoms with Crippen LogP contribution in [-0.4, -0.2) is 12.4 Å². The van der Waals surface area contributed by atoms with Crippen molar-refractivity contribution >= 4 is 17.4 Å². The Hall–Kier alpha value is -1.61. The molecule has 0 unspecified atom stereocenters. The van der Waals surface area contributed by atoms with Gasteiger partial charge in [0.05, 0.1) is 6.61 Å². The number of hydrogen-bond acceptors (Lipinski definition) is 3. The predicted octanol–water partition coefficient (Wildman–Crippen LogP) is 4.14. The standard InChI is InChI=1S/C16H19NOS/c1-13-3-9-16(10-4-13)19-12-2-11-18-15-7-5-14(17)6-8-15/h3-10H,2,11-12,17H2,1H3. The van der Waals surface area contributed by atoms with E-state index in [-0.39, 0.29) is 0 Å². The molecule has 0 aliphatic carbocycles. The summed E-state index contributed by atoms with van der Waals surface area (Å²) < 4.78 is 5.65. The van der Waals surface area contributed by atoms with Crippen LogP contribution in [0.3, 0.4) is 0 Å². The van der Waals surface area contributed by atoms with E-state index < -0.39 is 0 Å². The lowest BCUT2D eigenvalue weighted by atomic mass is 10.2. The smallest absolute Gasteiger partial charge is 0.119 e. The fourth-order valence-corrected chi connectivity index (χ4v) is 2.46. The van der Waals surface area contributed by atoms with Crippen LogP contribution in [0.15, 0.2) is 53.4 Å². The van der Waals surface area contributed by atoms with Crippen molar-refractivity contribution in [3.63, 3.8) is 0 Å². The van der Waals surface area contributed by atoms with Gasteiger partial charge in [-0.1, -0.05) is 17.7 Å². The van der Waals surface area contributed by atoms with Crippen LogP contribution in [0.4, 0.5) is 5.69 Å². The molecule has 0 atom stereocenters. The van der Waals surface area contributed by atoms with Gasteiger partial charge in [0.15, 0.2) is 0 Å². The minimum atomic E-state index is 0.739. The van der Waals surface area contributed by atoms with E-state index in [2.05, 4.69) is 31.2 Å². The molecule has 2 aromatic carbocycles. The fourth-order valence-electron chi connectivity index (χ4n) is 1.64. The molecule has 2 N–H and O–H groups in total. The molecule has 2 aromatic rings. The topological polar surface area (TPSA) is 35.2 Å². The number of benzene rings is 2. The first-order valence-electron chi connectivity index (χ1n) is 6.42. The molecular formula is C16H19NOS. The van der Waals surface area contributed by atoms with E-state index in [1.165, 1.54) is 10.5 Å². The number of ether oxygens (including phenoxy) is 1. The van der Waals surface area contributed by atoms with Crippen molar-refractivity contribution < 1.29 is 4.74 Å². The van der Waals surface area contributed by atoms with Crippen molar-refractivity contribution in [1.29, 1.82) is 0 Å². The van der Waals surface area contributed by atoms with E-state index in [0.29, 0.717) is 0 Å². The summed E-state index contributed by atoms with van der Waals surface area (Å²) >= 11 is 1.87. The van der Waals surface area contributed by atoms with Crippen LogP contribution >= 0.6 is 11.8 Å². The second kappa shape index (κ2) is 7.10. The third kappa shape index (κ3) is 4.87. The third-order valence-electron chi connectivity index (χ3n) is 2.73. The van der Waals surface area contributed by atoms with Crippen molar-refractivity contribution in [2.75, 3.05) is 18.1 Å². The summed E-state index contributed by atoms with van der Waals surface area (Å²) in [6.07, 6.45) is 1.03. The number of nitrogen functional groups attached to an aromatic ring is 1. The molecule has 0 fully saturated rings. The number of aryl methyl sites for hydroxylation is 1. The summed E-state index contributed by atoms with van der Waals surface area (Å²) in [5.41, 5.74) is 7.69. The van der Waals surface area contributed by atoms with Gasteiger partial charge in [-0.2, -0.15) is 0 Å². The average molecular weight is 273 g/mol. The second-order valence-corrected chi connectivity index (χ2v) is 5.60. The molecule has 0 heterocycles. The molecule has 100 valence electrons. The SMILES string of the molecule is Cc1ccc(SCCCOc2ccc(N)cc2)cc1. The van der Waals surface area contributed by atoms with Gasteiger partial charge in [-0.3, -0.25) is 0 Å². The Morgan fingerprint density at radius 3 is 2.37 bits per heavy atom. The van der Waals surface area contributed by atoms with E-state index in [9.17, 15) is 0 Å². The van der Waals surface area contributed by atoms with E-state index >= 15 is 0 Å². The van der Waals surface area contributed by atoms with Crippen LogP contribution in [0, 0.1) is 6.92 Å². The highest BCUT2D eigenvalue weighted by atomic mass is 32.2. The van der Waals surface area contributed by atoms with Gasteiger partial charge in [0.1, 0.15) is 5.75 Å². The average Bonchev–Trinajstić information content (AvgIpc) is 2.43. The Balaban J connectivity index is 1.64. The maximum atomic E-state index is 5.65. The van der Waals surface area contributed by atoms with Crippen molar-refractivity contribution in [2.24, 2.45) is 0 Å². The van der Waals surface area contributed by atoms with Gasteiger partial charge in [0.2, 0.25) is 0 Å². The summed E-state index contributed by atoms with van der Waals surface area (Å²) in [7, 11) is 0. The van der Waals surface area contributed by atoms with Gasteiger partial charge in [-0.15, -0.1) is 11.8 Å². The zero-order valence-electron chi connectivity index (χ0n) is 11.1. The monoisotopic (exact) mass is 273 g/mol. The van der Waals surface area contributed by atoms with Gasteiger partial charge in [0, 0.05) is 16.3 Å². The molecule has 0 saturated carbocycles. The van der Waals surface area contributed by atoms with Crippen molar-refractivity contribution in [2.45, 2.75) is 18.2 Å². The first-order valence-corrected chi connectivity index (χ1v) is 7.40. The van der Waals surface area contributed by atoms with Gasteiger partial charge in [0.25, 0.3) is 0 Å². The number of anilines is 1. The van der Waals surface area contributed by atoms with E-state index in [4.69, 9.17) is 10.5 Å². The zero-order chi connectivity index (χ0) is 13.5. The molecular weight excluding hydrogens is 254 g/mol. The second-order valence-electron chi connectivity index (χ2n) is 4.43. The van der Waals surface area contributed by atoms with Crippen LogP contribution in [-0.2, 0) is 0 Å². The normalized spacial score (nSPS) is 10.4. The quantitative estimate of drug-likeness (QED) is 0.488. The molecule has 2 rings (SSSR count). The molecule has 0 saturated heterocycles. The first-order chi connectivity index (χ1) is 9.24. The molecule has 0 bridgehead atoms. The third-order valence-corrected chi connectivity index (χ3v) is 3.83. The summed E-state index contributed by atoms with van der Waals surface area (Å²) in [5.74, 6) is 1.95. The number of hydrogen-bond donors (Lipinski definition) is 1. The summed E-state index contributed by atoms with van der Waals surface area (Å²) in [6, 6.07) is 16.2. The largest absolute Gasteiger partial charge is 0.494 e. The molecule has 3 heteroatoms. The van der Waals surface area contributed by atoms with E-state index in [0.717, 1.165) is 30.2 Å². The Morgan fingerprint density at radius 2 is 1.68 bits per heavy atom. The Labute approximate surface area is 119 Å². The molecule has 0 radical (unpaired) electrons. The lowest BCUT2D eigenvalue weighted by Crippen LogP contribution is -1.98. The fraction of sp³-hybridized carbons (Fsp3) is 0.250. The number of nitrogens with two attached hydrogens (primary N) is 1. The van der Waals surface area contributed by atoms with Gasteiger partial charge < -0.3 is 10.5 Å². The minimum absolute atomic E-state index is 0.739. The minimum Gasteiger partial charge on any atom is -0.494 e. The molecule has 0 aliphatic heterocycles. The zero-order valence-corrected chi connectivity index (χ0v) is 12.0. The van der Waals surface area contributed by atoms with E-state index in [1.54, 1.807) is 0 Å². The molecule has 0 spiro atoms. The van der Waals surface area contributed by atoms with Gasteiger partial charge >= 0.3 is 0 Å². The van der Waals surface area contributed by atoms with Gasteiger partial charge in [-0.25, -0.2) is 0 Å². The predicted molar refractivity (Wildman–Crippen MR) is 82.9 cm³/mol. The Kier molecular flexibility index (Phi) is 5.16. The van der Waals surface area contributed by atoms with Crippen LogP contribution in [0.25, 0.3) is 0 Å². The highest BCUT2D eigenvalue weighted by Gasteiger charge is 1.96. The molecule has 0 amide bonds. The number of rotatable bonds is 6. The highest BCUT2D eigenvalue weighted by molar-refractivity contribution is 7.99. The summed E-state index contributed by atoms with van der Waals surface area (Å²) in [5, 5.41) is 0. The highest BCUT2D eigenvalue weighted by Crippen LogP contribution is 2.19. The molecule has 0 aromatic heterocycles. The van der Waals surface area contributed by atoms with Crippen LogP contribution in [0.5, 0.6) is 5.75 Å².